The summed E-state index contributed by atoms with van der Waals surface area (Å²) in [6, 6.07) is 16.9. The minimum absolute atomic E-state index is 0.167. The molecule has 0 saturated heterocycles. The standard InChI is InChI=1S/C17H17BrN2O2/c1-20(12-13-5-3-2-4-6-13)17(22)11-16(21)19-15-9-7-14(18)8-10-15/h2-10H,11-12H2,1H3,(H,19,21). The van der Waals surface area contributed by atoms with Gasteiger partial charge in [0.05, 0.1) is 0 Å². The number of nitrogens with one attached hydrogen (secondary N) is 1. The summed E-state index contributed by atoms with van der Waals surface area (Å²) in [7, 11) is 1.70. The summed E-state index contributed by atoms with van der Waals surface area (Å²) < 4.78 is 0.934. The Balaban J connectivity index is 1.85. The lowest BCUT2D eigenvalue weighted by molar-refractivity contribution is -0.133. The summed E-state index contributed by atoms with van der Waals surface area (Å²) in [5, 5.41) is 2.71. The minimum Gasteiger partial charge on any atom is -0.341 e. The highest BCUT2D eigenvalue weighted by Crippen LogP contribution is 2.14. The molecular formula is C17H17BrN2O2. The first-order valence-electron chi connectivity index (χ1n) is 6.88. The average Bonchev–Trinajstić information content (AvgIpc) is 2.50. The van der Waals surface area contributed by atoms with E-state index in [4.69, 9.17) is 0 Å². The number of amides is 2. The highest BCUT2D eigenvalue weighted by Gasteiger charge is 2.14. The molecule has 4 nitrogen and oxygen atoms in total. The van der Waals surface area contributed by atoms with Crippen molar-refractivity contribution in [2.45, 2.75) is 13.0 Å². The predicted octanol–water partition coefficient (Wildman–Crippen LogP) is 3.44. The van der Waals surface area contributed by atoms with E-state index in [1.165, 1.54) is 0 Å². The average molecular weight is 361 g/mol. The van der Waals surface area contributed by atoms with E-state index in [0.717, 1.165) is 10.0 Å². The Morgan fingerprint density at radius 3 is 2.32 bits per heavy atom. The quantitative estimate of drug-likeness (QED) is 0.830. The summed E-state index contributed by atoms with van der Waals surface area (Å²) in [6.45, 7) is 0.491. The molecule has 2 aromatic rings. The molecule has 0 atom stereocenters. The molecule has 0 heterocycles. The van der Waals surface area contributed by atoms with Crippen LogP contribution in [0.1, 0.15) is 12.0 Å². The van der Waals surface area contributed by atoms with Gasteiger partial charge in [-0.2, -0.15) is 0 Å². The van der Waals surface area contributed by atoms with Crippen LogP contribution in [0.2, 0.25) is 0 Å². The molecule has 0 bridgehead atoms. The largest absolute Gasteiger partial charge is 0.341 e. The Hall–Kier alpha value is -2.14. The van der Waals surface area contributed by atoms with Gasteiger partial charge in [-0.1, -0.05) is 46.3 Å². The molecular weight excluding hydrogens is 344 g/mol. The van der Waals surface area contributed by atoms with E-state index in [2.05, 4.69) is 21.2 Å². The van der Waals surface area contributed by atoms with Crippen molar-refractivity contribution in [1.82, 2.24) is 4.90 Å². The van der Waals surface area contributed by atoms with Crippen molar-refractivity contribution in [1.29, 1.82) is 0 Å². The third-order valence-corrected chi connectivity index (χ3v) is 3.66. The molecule has 5 heteroatoms. The molecule has 114 valence electrons. The molecule has 2 aromatic carbocycles. The van der Waals surface area contributed by atoms with E-state index in [1.807, 2.05) is 42.5 Å². The molecule has 0 fully saturated rings. The molecule has 0 aromatic heterocycles. The molecule has 0 aliphatic heterocycles. The summed E-state index contributed by atoms with van der Waals surface area (Å²) in [5.74, 6) is -0.523. The highest BCUT2D eigenvalue weighted by molar-refractivity contribution is 9.10. The van der Waals surface area contributed by atoms with Gasteiger partial charge in [0.1, 0.15) is 6.42 Å². The fourth-order valence-corrected chi connectivity index (χ4v) is 2.22. The van der Waals surface area contributed by atoms with Crippen molar-refractivity contribution in [3.05, 3.63) is 64.6 Å². The van der Waals surface area contributed by atoms with Gasteiger partial charge in [0.15, 0.2) is 0 Å². The molecule has 22 heavy (non-hydrogen) atoms. The van der Waals surface area contributed by atoms with Crippen LogP contribution in [-0.4, -0.2) is 23.8 Å². The molecule has 0 unspecified atom stereocenters. The second kappa shape index (κ2) is 7.75. The minimum atomic E-state index is -0.313. The van der Waals surface area contributed by atoms with Gasteiger partial charge in [0, 0.05) is 23.8 Å². The van der Waals surface area contributed by atoms with Crippen molar-refractivity contribution in [3.63, 3.8) is 0 Å². The van der Waals surface area contributed by atoms with E-state index in [-0.39, 0.29) is 18.2 Å². The summed E-state index contributed by atoms with van der Waals surface area (Å²) in [4.78, 5) is 25.5. The smallest absolute Gasteiger partial charge is 0.233 e. The Morgan fingerprint density at radius 2 is 1.68 bits per heavy atom. The van der Waals surface area contributed by atoms with Gasteiger partial charge < -0.3 is 10.2 Å². The molecule has 1 N–H and O–H groups in total. The lowest BCUT2D eigenvalue weighted by Gasteiger charge is -2.17. The van der Waals surface area contributed by atoms with Crippen LogP contribution in [-0.2, 0) is 16.1 Å². The Bertz CT molecular complexity index is 641. The van der Waals surface area contributed by atoms with Crippen LogP contribution < -0.4 is 5.32 Å². The van der Waals surface area contributed by atoms with Gasteiger partial charge in [0.2, 0.25) is 11.8 Å². The van der Waals surface area contributed by atoms with E-state index in [1.54, 1.807) is 24.1 Å². The van der Waals surface area contributed by atoms with Gasteiger partial charge in [-0.3, -0.25) is 9.59 Å². The van der Waals surface area contributed by atoms with Gasteiger partial charge in [0.25, 0.3) is 0 Å². The van der Waals surface area contributed by atoms with Crippen molar-refractivity contribution in [2.24, 2.45) is 0 Å². The third kappa shape index (κ3) is 5.00. The van der Waals surface area contributed by atoms with Crippen molar-refractivity contribution >= 4 is 33.4 Å². The van der Waals surface area contributed by atoms with Crippen LogP contribution in [0, 0.1) is 0 Å². The van der Waals surface area contributed by atoms with E-state index < -0.39 is 0 Å². The van der Waals surface area contributed by atoms with Crippen molar-refractivity contribution in [2.75, 3.05) is 12.4 Å². The summed E-state index contributed by atoms with van der Waals surface area (Å²) in [6.07, 6.45) is -0.167. The number of hydrogen-bond donors (Lipinski definition) is 1. The molecule has 2 amide bonds. The summed E-state index contributed by atoms with van der Waals surface area (Å²) in [5.41, 5.74) is 1.71. The van der Waals surface area contributed by atoms with Crippen LogP contribution in [0.15, 0.2) is 59.1 Å². The number of carbonyl (C=O) groups excluding carboxylic acids is 2. The lowest BCUT2D eigenvalue weighted by atomic mass is 10.2. The topological polar surface area (TPSA) is 49.4 Å². The fourth-order valence-electron chi connectivity index (χ4n) is 1.96. The number of nitrogens with zero attached hydrogens (tertiary/aromatic N) is 1. The SMILES string of the molecule is CN(Cc1ccccc1)C(=O)CC(=O)Nc1ccc(Br)cc1. The maximum absolute atomic E-state index is 12.1. The van der Waals surface area contributed by atoms with Gasteiger partial charge >= 0.3 is 0 Å². The fraction of sp³-hybridized carbons (Fsp3) is 0.176. The van der Waals surface area contributed by atoms with Crippen LogP contribution in [0.4, 0.5) is 5.69 Å². The second-order valence-electron chi connectivity index (χ2n) is 4.97. The van der Waals surface area contributed by atoms with Crippen LogP contribution in [0.5, 0.6) is 0 Å². The number of rotatable bonds is 5. The zero-order chi connectivity index (χ0) is 15.9. The van der Waals surface area contributed by atoms with E-state index in [0.29, 0.717) is 12.2 Å². The summed E-state index contributed by atoms with van der Waals surface area (Å²) >= 11 is 3.33. The van der Waals surface area contributed by atoms with Crippen molar-refractivity contribution < 1.29 is 9.59 Å². The zero-order valence-electron chi connectivity index (χ0n) is 12.3. The van der Waals surface area contributed by atoms with Crippen LogP contribution in [0.25, 0.3) is 0 Å². The Morgan fingerprint density at radius 1 is 1.05 bits per heavy atom. The Kier molecular flexibility index (Phi) is 5.72. The van der Waals surface area contributed by atoms with Gasteiger partial charge in [-0.15, -0.1) is 0 Å². The van der Waals surface area contributed by atoms with Crippen LogP contribution >= 0.6 is 15.9 Å². The third-order valence-electron chi connectivity index (χ3n) is 3.13. The molecule has 0 aliphatic carbocycles. The number of hydrogen-bond acceptors (Lipinski definition) is 2. The van der Waals surface area contributed by atoms with Crippen LogP contribution in [0.3, 0.4) is 0 Å². The Labute approximate surface area is 138 Å². The number of benzene rings is 2. The maximum Gasteiger partial charge on any atom is 0.233 e. The highest BCUT2D eigenvalue weighted by atomic mass is 79.9. The van der Waals surface area contributed by atoms with E-state index >= 15 is 0 Å². The molecule has 2 rings (SSSR count). The van der Waals surface area contributed by atoms with Crippen molar-refractivity contribution in [3.8, 4) is 0 Å². The maximum atomic E-state index is 12.1. The van der Waals surface area contributed by atoms with Gasteiger partial charge in [-0.05, 0) is 29.8 Å². The molecule has 0 saturated carbocycles. The normalized spacial score (nSPS) is 10.1. The first kappa shape index (κ1) is 16.2. The first-order valence-corrected chi connectivity index (χ1v) is 7.67. The monoisotopic (exact) mass is 360 g/mol. The zero-order valence-corrected chi connectivity index (χ0v) is 13.8. The van der Waals surface area contributed by atoms with Gasteiger partial charge in [-0.25, -0.2) is 0 Å². The lowest BCUT2D eigenvalue weighted by Crippen LogP contribution is -2.30. The molecule has 0 spiro atoms. The molecule has 0 radical (unpaired) electrons. The second-order valence-corrected chi connectivity index (χ2v) is 5.88. The number of anilines is 1. The first-order chi connectivity index (χ1) is 10.5. The van der Waals surface area contributed by atoms with E-state index in [9.17, 15) is 9.59 Å². The molecule has 0 aliphatic rings. The number of halogens is 1. The predicted molar refractivity (Wildman–Crippen MR) is 90.3 cm³/mol. The number of carbonyl (C=O) groups is 2.